The fraction of sp³-hybridized carbons (Fsp3) is 0.300. The van der Waals surface area contributed by atoms with E-state index in [0.717, 1.165) is 29.5 Å². The molecule has 6 nitrogen and oxygen atoms in total. The number of amides is 2. The van der Waals surface area contributed by atoms with Gasteiger partial charge in [0.1, 0.15) is 11.0 Å². The van der Waals surface area contributed by atoms with Gasteiger partial charge >= 0.3 is 0 Å². The van der Waals surface area contributed by atoms with Crippen LogP contribution in [0.15, 0.2) is 60.7 Å². The maximum Gasteiger partial charge on any atom is 0.251 e. The van der Waals surface area contributed by atoms with Crippen LogP contribution in [0.5, 0.6) is 0 Å². The van der Waals surface area contributed by atoms with Gasteiger partial charge in [-0.2, -0.15) is 0 Å². The number of ketones is 1. The number of aryl methyl sites for hydroxylation is 1. The maximum atomic E-state index is 14.5. The summed E-state index contributed by atoms with van der Waals surface area (Å²) in [6, 6.07) is 18.4. The molecule has 2 amide bonds. The van der Waals surface area contributed by atoms with E-state index in [1.54, 1.807) is 6.07 Å². The van der Waals surface area contributed by atoms with Crippen LogP contribution in [0.25, 0.3) is 0 Å². The highest BCUT2D eigenvalue weighted by atomic mass is 35.5. The first-order chi connectivity index (χ1) is 17.8. The molecular weight excluding hydrogens is 486 g/mol. The van der Waals surface area contributed by atoms with Crippen molar-refractivity contribution in [2.45, 2.75) is 43.7 Å². The molecule has 2 saturated heterocycles. The summed E-state index contributed by atoms with van der Waals surface area (Å²) in [7, 11) is 0. The van der Waals surface area contributed by atoms with Crippen molar-refractivity contribution in [1.82, 2.24) is 4.90 Å². The van der Waals surface area contributed by atoms with Crippen molar-refractivity contribution in [3.8, 4) is 0 Å². The molecule has 0 unspecified atom stereocenters. The van der Waals surface area contributed by atoms with Gasteiger partial charge in [0.05, 0.1) is 11.6 Å². The number of anilines is 2. The molecule has 186 valence electrons. The number of hydrogen-bond donors (Lipinski definition) is 2. The molecule has 4 aliphatic heterocycles. The SMILES string of the molecule is Cc1ccc(C(=O)[C@H]2[C@H]3CCCN3[C@]3(C(=O)Nc4c3ccc(Cl)c4C)[C@]23C(=O)Nc2ccccc23)cc1. The third-order valence-corrected chi connectivity index (χ3v) is 9.49. The third-order valence-electron chi connectivity index (χ3n) is 9.08. The summed E-state index contributed by atoms with van der Waals surface area (Å²) < 4.78 is 0. The summed E-state index contributed by atoms with van der Waals surface area (Å²) in [4.78, 5) is 45.6. The second-order valence-corrected chi connectivity index (χ2v) is 11.1. The molecule has 4 aliphatic rings. The van der Waals surface area contributed by atoms with E-state index in [1.165, 1.54) is 0 Å². The quantitative estimate of drug-likeness (QED) is 0.476. The first-order valence-corrected chi connectivity index (χ1v) is 13.1. The molecule has 0 aromatic heterocycles. The van der Waals surface area contributed by atoms with E-state index in [9.17, 15) is 14.4 Å². The Kier molecular flexibility index (Phi) is 4.62. The van der Waals surface area contributed by atoms with E-state index in [2.05, 4.69) is 15.5 Å². The topological polar surface area (TPSA) is 78.5 Å². The second kappa shape index (κ2) is 7.53. The Morgan fingerprint density at radius 1 is 0.946 bits per heavy atom. The minimum Gasteiger partial charge on any atom is -0.325 e. The van der Waals surface area contributed by atoms with Gasteiger partial charge in [-0.15, -0.1) is 0 Å². The number of hydrogen-bond acceptors (Lipinski definition) is 4. The molecule has 3 aromatic carbocycles. The Morgan fingerprint density at radius 2 is 1.70 bits per heavy atom. The lowest BCUT2D eigenvalue weighted by atomic mass is 9.57. The molecule has 4 heterocycles. The molecule has 3 aromatic rings. The van der Waals surface area contributed by atoms with E-state index in [-0.39, 0.29) is 23.6 Å². The molecule has 0 aliphatic carbocycles. The summed E-state index contributed by atoms with van der Waals surface area (Å²) >= 11 is 6.48. The van der Waals surface area contributed by atoms with Crippen LogP contribution in [0, 0.1) is 19.8 Å². The number of carbonyl (C=O) groups excluding carboxylic acids is 3. The number of carbonyl (C=O) groups is 3. The van der Waals surface area contributed by atoms with Crippen molar-refractivity contribution >= 4 is 40.6 Å². The van der Waals surface area contributed by atoms with Crippen molar-refractivity contribution in [3.05, 3.63) is 93.5 Å². The molecule has 2 fully saturated rings. The van der Waals surface area contributed by atoms with E-state index >= 15 is 0 Å². The molecule has 4 atom stereocenters. The third kappa shape index (κ3) is 2.53. The Bertz CT molecular complexity index is 1530. The lowest BCUT2D eigenvalue weighted by Gasteiger charge is -2.43. The van der Waals surface area contributed by atoms with Gasteiger partial charge < -0.3 is 10.6 Å². The predicted molar refractivity (Wildman–Crippen MR) is 142 cm³/mol. The second-order valence-electron chi connectivity index (χ2n) is 10.7. The maximum absolute atomic E-state index is 14.5. The van der Waals surface area contributed by atoms with Gasteiger partial charge in [-0.25, -0.2) is 0 Å². The average molecular weight is 512 g/mol. The Morgan fingerprint density at radius 3 is 2.49 bits per heavy atom. The molecule has 7 heteroatoms. The highest BCUT2D eigenvalue weighted by Crippen LogP contribution is 2.68. The summed E-state index contributed by atoms with van der Waals surface area (Å²) in [5, 5.41) is 6.72. The van der Waals surface area contributed by atoms with Gasteiger partial charge in [-0.1, -0.05) is 65.7 Å². The smallest absolute Gasteiger partial charge is 0.251 e. The van der Waals surface area contributed by atoms with Crippen LogP contribution >= 0.6 is 11.6 Å². The average Bonchev–Trinajstić information content (AvgIpc) is 3.61. The summed E-state index contributed by atoms with van der Waals surface area (Å²) in [5.41, 5.74) is 2.28. The molecule has 2 spiro atoms. The lowest BCUT2D eigenvalue weighted by Crippen LogP contribution is -2.62. The number of nitrogens with zero attached hydrogens (tertiary/aromatic N) is 1. The summed E-state index contributed by atoms with van der Waals surface area (Å²) in [5.74, 6) is -1.42. The lowest BCUT2D eigenvalue weighted by molar-refractivity contribution is -0.137. The van der Waals surface area contributed by atoms with E-state index < -0.39 is 16.9 Å². The van der Waals surface area contributed by atoms with Crippen molar-refractivity contribution in [2.75, 3.05) is 17.2 Å². The van der Waals surface area contributed by atoms with Crippen molar-refractivity contribution in [1.29, 1.82) is 0 Å². The molecule has 0 radical (unpaired) electrons. The number of benzene rings is 3. The first-order valence-electron chi connectivity index (χ1n) is 12.7. The highest BCUT2D eigenvalue weighted by molar-refractivity contribution is 6.32. The van der Waals surface area contributed by atoms with Crippen LogP contribution in [-0.2, 0) is 20.5 Å². The number of Topliss-reactive ketones (excluding diaryl/α,β-unsaturated/α-hetero) is 1. The summed E-state index contributed by atoms with van der Waals surface area (Å²) in [6.45, 7) is 4.47. The van der Waals surface area contributed by atoms with Crippen molar-refractivity contribution in [3.63, 3.8) is 0 Å². The number of nitrogens with one attached hydrogen (secondary N) is 2. The fourth-order valence-corrected chi connectivity index (χ4v) is 7.82. The Hall–Kier alpha value is -3.48. The minimum absolute atomic E-state index is 0.104. The molecule has 37 heavy (non-hydrogen) atoms. The van der Waals surface area contributed by atoms with Gasteiger partial charge in [0.2, 0.25) is 5.91 Å². The van der Waals surface area contributed by atoms with Crippen LogP contribution in [0.3, 0.4) is 0 Å². The number of halogens is 1. The number of rotatable bonds is 2. The van der Waals surface area contributed by atoms with Crippen LogP contribution in [0.2, 0.25) is 5.02 Å². The normalized spacial score (nSPS) is 29.4. The van der Waals surface area contributed by atoms with E-state index in [0.29, 0.717) is 34.1 Å². The summed E-state index contributed by atoms with van der Waals surface area (Å²) in [6.07, 6.45) is 1.58. The molecule has 2 N–H and O–H groups in total. The van der Waals surface area contributed by atoms with Crippen LogP contribution in [0.4, 0.5) is 11.4 Å². The molecule has 0 bridgehead atoms. The van der Waals surface area contributed by atoms with Crippen LogP contribution in [-0.4, -0.2) is 35.1 Å². The van der Waals surface area contributed by atoms with Gasteiger partial charge in [0.25, 0.3) is 5.91 Å². The molecular formula is C30H26ClN3O3. The first kappa shape index (κ1) is 22.7. The molecule has 0 saturated carbocycles. The van der Waals surface area contributed by atoms with Gasteiger partial charge in [0, 0.05) is 27.9 Å². The van der Waals surface area contributed by atoms with Crippen LogP contribution in [0.1, 0.15) is 45.5 Å². The zero-order valence-corrected chi connectivity index (χ0v) is 21.4. The number of fused-ring (bicyclic) bond motifs is 7. The van der Waals surface area contributed by atoms with Gasteiger partial charge in [-0.05, 0) is 56.5 Å². The van der Waals surface area contributed by atoms with Crippen molar-refractivity contribution < 1.29 is 14.4 Å². The standard InChI is InChI=1S/C30H26ClN3O3/c1-16-9-11-18(12-10-16)26(35)24-23-8-5-15-34(23)30(20-13-14-21(31)17(2)25(20)33-28(30)37)29(24)19-6-3-4-7-22(19)32-27(29)36/h3-4,6-7,9-14,23-24H,5,8,15H2,1-2H3,(H,32,36)(H,33,37)/t23-,24-,29+,30-/m1/s1. The Balaban J connectivity index is 1.59. The van der Waals surface area contributed by atoms with E-state index in [1.807, 2.05) is 68.4 Å². The predicted octanol–water partition coefficient (Wildman–Crippen LogP) is 4.97. The minimum atomic E-state index is -1.44. The zero-order valence-electron chi connectivity index (χ0n) is 20.6. The Labute approximate surface area is 220 Å². The number of para-hydroxylation sites is 1. The van der Waals surface area contributed by atoms with Crippen molar-refractivity contribution in [2.24, 2.45) is 5.92 Å². The fourth-order valence-electron chi connectivity index (χ4n) is 7.66. The monoisotopic (exact) mass is 511 g/mol. The van der Waals surface area contributed by atoms with Gasteiger partial charge in [0.15, 0.2) is 5.78 Å². The largest absolute Gasteiger partial charge is 0.325 e. The molecule has 7 rings (SSSR count). The van der Waals surface area contributed by atoms with E-state index in [4.69, 9.17) is 11.6 Å². The van der Waals surface area contributed by atoms with Crippen LogP contribution < -0.4 is 10.6 Å². The van der Waals surface area contributed by atoms with Gasteiger partial charge in [-0.3, -0.25) is 19.3 Å². The zero-order chi connectivity index (χ0) is 25.7. The highest BCUT2D eigenvalue weighted by Gasteiger charge is 2.81.